The van der Waals surface area contributed by atoms with Gasteiger partial charge in [-0.05, 0) is 47.6 Å². The Morgan fingerprint density at radius 3 is 2.94 bits per heavy atom. The van der Waals surface area contributed by atoms with E-state index in [-0.39, 0.29) is 17.1 Å². The van der Waals surface area contributed by atoms with Gasteiger partial charge in [0, 0.05) is 22.7 Å². The number of carbonyl (C=O) groups excluding carboxylic acids is 1. The molecule has 1 atom stereocenters. The van der Waals surface area contributed by atoms with E-state index in [1.165, 1.54) is 21.5 Å². The lowest BCUT2D eigenvalue weighted by molar-refractivity contribution is -0.113. The van der Waals surface area contributed by atoms with E-state index in [4.69, 9.17) is 0 Å². The van der Waals surface area contributed by atoms with E-state index >= 15 is 0 Å². The number of nitrogens with zero attached hydrogens (tertiary/aromatic N) is 4. The molecule has 0 saturated heterocycles. The van der Waals surface area contributed by atoms with Crippen LogP contribution in [0.25, 0.3) is 0 Å². The van der Waals surface area contributed by atoms with E-state index in [2.05, 4.69) is 55.0 Å². The highest BCUT2D eigenvalue weighted by Crippen LogP contribution is 2.44. The first-order valence-corrected chi connectivity index (χ1v) is 14.0. The molecule has 0 aliphatic heterocycles. The van der Waals surface area contributed by atoms with Gasteiger partial charge in [0.15, 0.2) is 5.16 Å². The second kappa shape index (κ2) is 10.5. The van der Waals surface area contributed by atoms with Crippen molar-refractivity contribution < 1.29 is 4.79 Å². The Bertz CT molecular complexity index is 1210. The number of carbonyl (C=O) groups is 1. The van der Waals surface area contributed by atoms with Crippen LogP contribution >= 0.6 is 34.4 Å². The van der Waals surface area contributed by atoms with Crippen LogP contribution < -0.4 is 5.32 Å². The van der Waals surface area contributed by atoms with E-state index in [1.807, 2.05) is 22.1 Å². The average molecular weight is 512 g/mol. The quantitative estimate of drug-likeness (QED) is 0.299. The fourth-order valence-corrected chi connectivity index (χ4v) is 7.02. The summed E-state index contributed by atoms with van der Waals surface area (Å²) in [4.78, 5) is 15.3. The summed E-state index contributed by atoms with van der Waals surface area (Å²) in [6.07, 6.45) is 5.47. The minimum Gasteiger partial charge on any atom is -0.316 e. The van der Waals surface area contributed by atoms with E-state index in [0.717, 1.165) is 30.7 Å². The zero-order chi connectivity index (χ0) is 24.3. The highest BCUT2D eigenvalue weighted by atomic mass is 32.2. The predicted octanol–water partition coefficient (Wildman–Crippen LogP) is 5.93. The van der Waals surface area contributed by atoms with Crippen LogP contribution in [0.2, 0.25) is 0 Å². The van der Waals surface area contributed by atoms with Crippen molar-refractivity contribution in [3.8, 4) is 6.07 Å². The van der Waals surface area contributed by atoms with Gasteiger partial charge in [-0.1, -0.05) is 44.7 Å². The number of hydrogen-bond acceptors (Lipinski definition) is 7. The Morgan fingerprint density at radius 2 is 2.26 bits per heavy atom. The number of amides is 1. The number of thioether (sulfide) groups is 1. The van der Waals surface area contributed by atoms with Crippen LogP contribution in [0.15, 0.2) is 35.3 Å². The molecule has 178 valence electrons. The third-order valence-corrected chi connectivity index (χ3v) is 9.22. The molecule has 0 saturated carbocycles. The summed E-state index contributed by atoms with van der Waals surface area (Å²) in [7, 11) is 0. The lowest BCUT2D eigenvalue weighted by Gasteiger charge is -2.33. The van der Waals surface area contributed by atoms with Crippen molar-refractivity contribution in [3.05, 3.63) is 56.9 Å². The number of anilines is 1. The Labute approximate surface area is 213 Å². The van der Waals surface area contributed by atoms with Crippen LogP contribution in [0.3, 0.4) is 0 Å². The van der Waals surface area contributed by atoms with E-state index < -0.39 is 0 Å². The summed E-state index contributed by atoms with van der Waals surface area (Å²) < 4.78 is 2.00. The fraction of sp³-hybridized carbons (Fsp3) is 0.440. The monoisotopic (exact) mass is 511 g/mol. The van der Waals surface area contributed by atoms with E-state index in [1.54, 1.807) is 22.7 Å². The molecule has 0 spiro atoms. The normalized spacial score (nSPS) is 15.5. The maximum Gasteiger partial charge on any atom is 0.235 e. The number of hydrogen-bond donors (Lipinski definition) is 1. The molecule has 1 N–H and O–H groups in total. The summed E-state index contributed by atoms with van der Waals surface area (Å²) >= 11 is 4.61. The van der Waals surface area contributed by atoms with Gasteiger partial charge in [0.1, 0.15) is 16.9 Å². The van der Waals surface area contributed by atoms with E-state index in [9.17, 15) is 10.1 Å². The summed E-state index contributed by atoms with van der Waals surface area (Å²) in [5.74, 6) is 1.51. The van der Waals surface area contributed by atoms with Gasteiger partial charge < -0.3 is 9.88 Å². The van der Waals surface area contributed by atoms with Crippen LogP contribution in [-0.2, 0) is 30.6 Å². The minimum atomic E-state index is -0.138. The first kappa shape index (κ1) is 24.7. The molecular weight excluding hydrogens is 483 g/mol. The Kier molecular flexibility index (Phi) is 7.60. The highest BCUT2D eigenvalue weighted by molar-refractivity contribution is 7.99. The predicted molar refractivity (Wildman–Crippen MR) is 141 cm³/mol. The molecule has 1 aliphatic carbocycles. The molecule has 1 aliphatic rings. The van der Waals surface area contributed by atoms with Crippen molar-refractivity contribution in [1.82, 2.24) is 14.8 Å². The molecule has 4 rings (SSSR count). The fourth-order valence-electron chi connectivity index (χ4n) is 4.26. The van der Waals surface area contributed by atoms with Crippen LogP contribution in [0.5, 0.6) is 0 Å². The van der Waals surface area contributed by atoms with Crippen LogP contribution in [0.4, 0.5) is 5.00 Å². The van der Waals surface area contributed by atoms with Crippen LogP contribution in [0, 0.1) is 22.7 Å². The van der Waals surface area contributed by atoms with Crippen molar-refractivity contribution in [2.45, 2.75) is 58.2 Å². The van der Waals surface area contributed by atoms with Crippen molar-refractivity contribution >= 4 is 45.3 Å². The van der Waals surface area contributed by atoms with Gasteiger partial charge in [0.25, 0.3) is 0 Å². The number of fused-ring (bicyclic) bond motifs is 1. The lowest BCUT2D eigenvalue weighted by Crippen LogP contribution is -2.26. The first-order valence-electron chi connectivity index (χ1n) is 11.3. The minimum absolute atomic E-state index is 0.138. The molecule has 0 bridgehead atoms. The van der Waals surface area contributed by atoms with Gasteiger partial charge in [-0.2, -0.15) is 5.26 Å². The number of aromatic nitrogens is 3. The van der Waals surface area contributed by atoms with Crippen molar-refractivity contribution in [2.75, 3.05) is 11.1 Å². The lowest BCUT2D eigenvalue weighted by atomic mass is 9.72. The molecule has 1 amide bonds. The summed E-state index contributed by atoms with van der Waals surface area (Å²) in [5.41, 5.74) is 2.00. The van der Waals surface area contributed by atoms with Gasteiger partial charge in [0.2, 0.25) is 5.91 Å². The summed E-state index contributed by atoms with van der Waals surface area (Å²) in [6, 6.07) is 6.44. The number of allylic oxidation sites excluding steroid dienone is 1. The molecule has 0 radical (unpaired) electrons. The summed E-state index contributed by atoms with van der Waals surface area (Å²) in [5, 5.41) is 24.9. The number of nitrogens with one attached hydrogen (secondary N) is 1. The molecule has 9 heteroatoms. The summed E-state index contributed by atoms with van der Waals surface area (Å²) in [6.45, 7) is 11.3. The second-order valence-corrected chi connectivity index (χ2v) is 12.6. The Morgan fingerprint density at radius 1 is 1.44 bits per heavy atom. The van der Waals surface area contributed by atoms with Gasteiger partial charge in [-0.25, -0.2) is 0 Å². The van der Waals surface area contributed by atoms with Gasteiger partial charge in [-0.15, -0.1) is 39.4 Å². The van der Waals surface area contributed by atoms with Crippen molar-refractivity contribution in [2.24, 2.45) is 11.3 Å². The highest BCUT2D eigenvalue weighted by Gasteiger charge is 2.32. The molecule has 6 nitrogen and oxygen atoms in total. The molecule has 0 fully saturated rings. The molecule has 3 heterocycles. The maximum absolute atomic E-state index is 12.8. The number of rotatable bonds is 8. The zero-order valence-corrected chi connectivity index (χ0v) is 22.2. The first-order chi connectivity index (χ1) is 16.3. The van der Waals surface area contributed by atoms with Gasteiger partial charge in [-0.3, -0.25) is 4.79 Å². The number of thiophene rings is 2. The second-order valence-electron chi connectivity index (χ2n) is 9.52. The zero-order valence-electron chi connectivity index (χ0n) is 19.8. The van der Waals surface area contributed by atoms with Crippen molar-refractivity contribution in [1.29, 1.82) is 5.26 Å². The third kappa shape index (κ3) is 5.45. The smallest absolute Gasteiger partial charge is 0.235 e. The molecule has 3 aromatic heterocycles. The molecule has 3 aromatic rings. The van der Waals surface area contributed by atoms with Gasteiger partial charge >= 0.3 is 0 Å². The largest absolute Gasteiger partial charge is 0.316 e. The molecule has 0 aromatic carbocycles. The SMILES string of the molecule is C=CCn1c(Cc2cccs2)nnc1SCC(=O)Nc1sc2c(c1C#N)CCC(C(C)(C)C)C2. The van der Waals surface area contributed by atoms with Gasteiger partial charge in [0.05, 0.1) is 11.3 Å². The molecule has 1 unspecified atom stereocenters. The maximum atomic E-state index is 12.8. The third-order valence-electron chi connectivity index (χ3n) is 6.20. The standard InChI is InChI=1S/C25H29N5OS3/c1-5-10-30-21(13-17-7-6-11-32-17)28-29-24(30)33-15-22(31)27-23-19(14-26)18-9-8-16(25(2,3)4)12-20(18)34-23/h5-7,11,16H,1,8-10,12-13,15H2,2-4H3,(H,27,31). The Hall–Kier alpha value is -2.41. The molecule has 34 heavy (non-hydrogen) atoms. The van der Waals surface area contributed by atoms with Crippen LogP contribution in [-0.4, -0.2) is 26.4 Å². The van der Waals surface area contributed by atoms with Crippen LogP contribution in [0.1, 0.15) is 53.9 Å². The van der Waals surface area contributed by atoms with E-state index in [0.29, 0.717) is 34.6 Å². The molecular formula is C25H29N5OS3. The van der Waals surface area contributed by atoms with Crippen molar-refractivity contribution in [3.63, 3.8) is 0 Å². The average Bonchev–Trinajstić information content (AvgIpc) is 3.51. The Balaban J connectivity index is 1.43. The topological polar surface area (TPSA) is 83.6 Å². The number of nitriles is 1.